The number of hydrogen-bond donors (Lipinski definition) is 3. The monoisotopic (exact) mass is 362 g/mol. The van der Waals surface area contributed by atoms with Crippen molar-refractivity contribution >= 4 is 27.4 Å². The summed E-state index contributed by atoms with van der Waals surface area (Å²) >= 11 is 0. The molecular formula is C17H22N4O3S. The maximum absolute atomic E-state index is 12.0. The van der Waals surface area contributed by atoms with Gasteiger partial charge in [-0.1, -0.05) is 6.92 Å². The lowest BCUT2D eigenvalue weighted by atomic mass is 10.1. The number of nitrogens with zero attached hydrogens (tertiary/aromatic N) is 1. The van der Waals surface area contributed by atoms with Crippen LogP contribution in [0.25, 0.3) is 0 Å². The second-order valence-corrected chi connectivity index (χ2v) is 7.44. The Balaban J connectivity index is 1.91. The Hall–Kier alpha value is -2.61. The van der Waals surface area contributed by atoms with Gasteiger partial charge in [0.2, 0.25) is 10.0 Å². The van der Waals surface area contributed by atoms with E-state index in [1.807, 2.05) is 19.1 Å². The van der Waals surface area contributed by atoms with E-state index in [-0.39, 0.29) is 17.8 Å². The summed E-state index contributed by atoms with van der Waals surface area (Å²) in [4.78, 5) is 16.0. The first kappa shape index (κ1) is 18.7. The minimum absolute atomic E-state index is 0.0717. The van der Waals surface area contributed by atoms with Gasteiger partial charge >= 0.3 is 6.03 Å². The molecule has 0 radical (unpaired) electrons. The molecule has 2 rings (SSSR count). The number of carbonyl (C=O) groups is 1. The third kappa shape index (κ3) is 6.07. The zero-order valence-electron chi connectivity index (χ0n) is 14.2. The van der Waals surface area contributed by atoms with Crippen LogP contribution in [0.2, 0.25) is 0 Å². The van der Waals surface area contributed by atoms with E-state index in [4.69, 9.17) is 0 Å². The molecule has 2 aromatic rings. The van der Waals surface area contributed by atoms with E-state index in [1.54, 1.807) is 43.6 Å². The summed E-state index contributed by atoms with van der Waals surface area (Å²) in [6.07, 6.45) is 3.89. The first-order chi connectivity index (χ1) is 11.9. The maximum Gasteiger partial charge on any atom is 0.319 e. The van der Waals surface area contributed by atoms with Crippen LogP contribution in [0.3, 0.4) is 0 Å². The molecule has 0 bridgehead atoms. The van der Waals surface area contributed by atoms with Crippen LogP contribution in [0.5, 0.6) is 0 Å². The molecule has 8 heteroatoms. The first-order valence-corrected chi connectivity index (χ1v) is 9.63. The average Bonchev–Trinajstić information content (AvgIpc) is 2.57. The Morgan fingerprint density at radius 2 is 1.68 bits per heavy atom. The third-order valence-electron chi connectivity index (χ3n) is 3.44. The standard InChI is InChI=1S/C17H22N4O3S/c1-3-12-25(23,24)21-16-6-4-15(5-7-16)20-17(22)19-13(2)14-8-10-18-11-9-14/h4-11,13,21H,3,12H2,1-2H3,(H2,19,20,22). The number of pyridine rings is 1. The fourth-order valence-corrected chi connectivity index (χ4v) is 3.35. The van der Waals surface area contributed by atoms with Crippen molar-refractivity contribution in [2.45, 2.75) is 26.3 Å². The van der Waals surface area contributed by atoms with Gasteiger partial charge in [-0.25, -0.2) is 13.2 Å². The second kappa shape index (κ2) is 8.48. The molecule has 0 aliphatic carbocycles. The first-order valence-electron chi connectivity index (χ1n) is 7.97. The number of sulfonamides is 1. The SMILES string of the molecule is CCCS(=O)(=O)Nc1ccc(NC(=O)NC(C)c2ccncc2)cc1. The molecule has 7 nitrogen and oxygen atoms in total. The molecule has 0 saturated carbocycles. The van der Waals surface area contributed by atoms with Gasteiger partial charge in [0.25, 0.3) is 0 Å². The number of aromatic nitrogens is 1. The predicted molar refractivity (Wildman–Crippen MR) is 98.9 cm³/mol. The quantitative estimate of drug-likeness (QED) is 0.704. The normalized spacial score (nSPS) is 12.2. The number of benzene rings is 1. The maximum atomic E-state index is 12.0. The van der Waals surface area contributed by atoms with Crippen LogP contribution in [0.1, 0.15) is 31.9 Å². The topological polar surface area (TPSA) is 100 Å². The van der Waals surface area contributed by atoms with Gasteiger partial charge in [0.05, 0.1) is 11.8 Å². The van der Waals surface area contributed by atoms with Gasteiger partial charge in [-0.2, -0.15) is 0 Å². The molecule has 2 amide bonds. The molecule has 1 heterocycles. The zero-order valence-corrected chi connectivity index (χ0v) is 15.0. The van der Waals surface area contributed by atoms with Gasteiger partial charge in [-0.05, 0) is 55.3 Å². The molecule has 1 atom stereocenters. The number of anilines is 2. The molecular weight excluding hydrogens is 340 g/mol. The van der Waals surface area contributed by atoms with E-state index in [2.05, 4.69) is 20.3 Å². The van der Waals surface area contributed by atoms with Gasteiger partial charge in [-0.15, -0.1) is 0 Å². The lowest BCUT2D eigenvalue weighted by Gasteiger charge is -2.15. The molecule has 0 saturated heterocycles. The zero-order chi connectivity index (χ0) is 18.3. The van der Waals surface area contributed by atoms with Gasteiger partial charge in [-0.3, -0.25) is 9.71 Å². The molecule has 0 aliphatic rings. The lowest BCUT2D eigenvalue weighted by Crippen LogP contribution is -2.31. The Morgan fingerprint density at radius 1 is 1.08 bits per heavy atom. The summed E-state index contributed by atoms with van der Waals surface area (Å²) in [5, 5.41) is 5.54. The van der Waals surface area contributed by atoms with Gasteiger partial charge in [0.1, 0.15) is 0 Å². The van der Waals surface area contributed by atoms with Crippen molar-refractivity contribution in [2.24, 2.45) is 0 Å². The molecule has 134 valence electrons. The number of carbonyl (C=O) groups excluding carboxylic acids is 1. The molecule has 0 spiro atoms. The van der Waals surface area contributed by atoms with Crippen molar-refractivity contribution < 1.29 is 13.2 Å². The Kier molecular flexibility index (Phi) is 6.35. The van der Waals surface area contributed by atoms with Gasteiger partial charge in [0, 0.05) is 23.8 Å². The van der Waals surface area contributed by atoms with E-state index < -0.39 is 10.0 Å². The largest absolute Gasteiger partial charge is 0.331 e. The second-order valence-electron chi connectivity index (χ2n) is 5.60. The van der Waals surface area contributed by atoms with Crippen LogP contribution in [0.4, 0.5) is 16.2 Å². The molecule has 1 aromatic carbocycles. The van der Waals surface area contributed by atoms with Crippen molar-refractivity contribution in [3.05, 3.63) is 54.4 Å². The minimum Gasteiger partial charge on any atom is -0.331 e. The highest BCUT2D eigenvalue weighted by Crippen LogP contribution is 2.16. The third-order valence-corrected chi connectivity index (χ3v) is 4.94. The van der Waals surface area contributed by atoms with Crippen molar-refractivity contribution in [1.29, 1.82) is 0 Å². The summed E-state index contributed by atoms with van der Waals surface area (Å²) in [6, 6.07) is 9.65. The van der Waals surface area contributed by atoms with Crippen molar-refractivity contribution in [1.82, 2.24) is 10.3 Å². The van der Waals surface area contributed by atoms with Crippen LogP contribution in [-0.4, -0.2) is 25.2 Å². The highest BCUT2D eigenvalue weighted by atomic mass is 32.2. The fraction of sp³-hybridized carbons (Fsp3) is 0.294. The average molecular weight is 362 g/mol. The number of nitrogens with one attached hydrogen (secondary N) is 3. The highest BCUT2D eigenvalue weighted by molar-refractivity contribution is 7.92. The number of rotatable bonds is 7. The Labute approximate surface area is 147 Å². The van der Waals surface area contributed by atoms with Gasteiger partial charge < -0.3 is 10.6 Å². The summed E-state index contributed by atoms with van der Waals surface area (Å²) in [7, 11) is -3.32. The molecule has 1 unspecified atom stereocenters. The van der Waals surface area contributed by atoms with Crippen molar-refractivity contribution in [3.63, 3.8) is 0 Å². The number of amides is 2. The molecule has 0 aliphatic heterocycles. The molecule has 3 N–H and O–H groups in total. The van der Waals surface area contributed by atoms with Crippen molar-refractivity contribution in [3.8, 4) is 0 Å². The Morgan fingerprint density at radius 3 is 2.28 bits per heavy atom. The van der Waals surface area contributed by atoms with Crippen molar-refractivity contribution in [2.75, 3.05) is 15.8 Å². The summed E-state index contributed by atoms with van der Waals surface area (Å²) < 4.78 is 25.9. The van der Waals surface area contributed by atoms with E-state index in [9.17, 15) is 13.2 Å². The highest BCUT2D eigenvalue weighted by Gasteiger charge is 2.11. The van der Waals surface area contributed by atoms with Gasteiger partial charge in [0.15, 0.2) is 0 Å². The number of hydrogen-bond acceptors (Lipinski definition) is 4. The Bertz CT molecular complexity index is 792. The summed E-state index contributed by atoms with van der Waals surface area (Å²) in [5.41, 5.74) is 1.98. The van der Waals surface area contributed by atoms with E-state index in [0.29, 0.717) is 17.8 Å². The van der Waals surface area contributed by atoms with Crippen LogP contribution in [-0.2, 0) is 10.0 Å². The van der Waals surface area contributed by atoms with Crippen LogP contribution < -0.4 is 15.4 Å². The van der Waals surface area contributed by atoms with Crippen LogP contribution >= 0.6 is 0 Å². The molecule has 25 heavy (non-hydrogen) atoms. The van der Waals surface area contributed by atoms with Crippen LogP contribution in [0.15, 0.2) is 48.8 Å². The summed E-state index contributed by atoms with van der Waals surface area (Å²) in [6.45, 7) is 3.68. The molecule has 1 aromatic heterocycles. The van der Waals surface area contributed by atoms with Crippen LogP contribution in [0, 0.1) is 0 Å². The lowest BCUT2D eigenvalue weighted by molar-refractivity contribution is 0.249. The van der Waals surface area contributed by atoms with E-state index >= 15 is 0 Å². The van der Waals surface area contributed by atoms with E-state index in [1.165, 1.54) is 0 Å². The smallest absolute Gasteiger partial charge is 0.319 e. The summed E-state index contributed by atoms with van der Waals surface area (Å²) in [5.74, 6) is 0.0717. The molecule has 0 fully saturated rings. The van der Waals surface area contributed by atoms with E-state index in [0.717, 1.165) is 5.56 Å². The number of urea groups is 1. The minimum atomic E-state index is -3.32. The predicted octanol–water partition coefficient (Wildman–Crippen LogP) is 3.12. The fourth-order valence-electron chi connectivity index (χ4n) is 2.22.